The summed E-state index contributed by atoms with van der Waals surface area (Å²) in [7, 11) is 3.35. The molecule has 6 rings (SSSR count). The van der Waals surface area contributed by atoms with E-state index in [0.717, 1.165) is 70.0 Å². The second-order valence-corrected chi connectivity index (χ2v) is 11.1. The second-order valence-electron chi connectivity index (χ2n) is 11.1. The standard InChI is InChI=1S/C42H40N2O4/c1-45-39-23-15-35(16-24-39)44(36-17-25-40(46-2)26-18-36)38-21-29-42(30-22-38)48-32-10-9-31-47-41-27-19-37(20-28-41)43(33-11-5-3-6-12-33)34-13-7-4-8-14-34/h3-8,11-30H,9-10,31-32H2,1-2H3. The molecule has 0 aliphatic rings. The van der Waals surface area contributed by atoms with Gasteiger partial charge in [0.05, 0.1) is 27.4 Å². The third-order valence-electron chi connectivity index (χ3n) is 7.96. The fourth-order valence-electron chi connectivity index (χ4n) is 5.48. The predicted molar refractivity (Wildman–Crippen MR) is 196 cm³/mol. The lowest BCUT2D eigenvalue weighted by Crippen LogP contribution is -2.10. The van der Waals surface area contributed by atoms with Gasteiger partial charge in [-0.05, 0) is 134 Å². The lowest BCUT2D eigenvalue weighted by Gasteiger charge is -2.26. The zero-order valence-electron chi connectivity index (χ0n) is 27.4. The van der Waals surface area contributed by atoms with Crippen LogP contribution in [0.5, 0.6) is 23.0 Å². The molecule has 242 valence electrons. The molecule has 0 fully saturated rings. The molecule has 0 bridgehead atoms. The Labute approximate surface area is 283 Å². The van der Waals surface area contributed by atoms with Crippen molar-refractivity contribution >= 4 is 34.1 Å². The Bertz CT molecular complexity index is 1720. The van der Waals surface area contributed by atoms with Crippen molar-refractivity contribution in [1.29, 1.82) is 0 Å². The number of rotatable bonds is 15. The van der Waals surface area contributed by atoms with Gasteiger partial charge < -0.3 is 28.7 Å². The van der Waals surface area contributed by atoms with Crippen molar-refractivity contribution < 1.29 is 18.9 Å². The van der Waals surface area contributed by atoms with E-state index in [1.807, 2.05) is 84.9 Å². The number of nitrogens with zero attached hydrogens (tertiary/aromatic N) is 2. The van der Waals surface area contributed by atoms with Crippen LogP contribution in [0.2, 0.25) is 0 Å². The minimum Gasteiger partial charge on any atom is -0.497 e. The molecule has 0 aliphatic carbocycles. The number of benzene rings is 6. The van der Waals surface area contributed by atoms with E-state index >= 15 is 0 Å². The first-order chi connectivity index (χ1) is 23.7. The number of methoxy groups -OCH3 is 2. The molecular formula is C42H40N2O4. The number of anilines is 6. The summed E-state index contributed by atoms with van der Waals surface area (Å²) >= 11 is 0. The summed E-state index contributed by atoms with van der Waals surface area (Å²) in [4.78, 5) is 4.43. The van der Waals surface area contributed by atoms with Gasteiger partial charge in [0.15, 0.2) is 0 Å². The van der Waals surface area contributed by atoms with Crippen LogP contribution in [-0.2, 0) is 0 Å². The Hall–Kier alpha value is -5.88. The smallest absolute Gasteiger partial charge is 0.119 e. The Morgan fingerprint density at radius 2 is 0.604 bits per heavy atom. The first kappa shape index (κ1) is 32.1. The zero-order valence-corrected chi connectivity index (χ0v) is 27.4. The van der Waals surface area contributed by atoms with Crippen LogP contribution < -0.4 is 28.7 Å². The fraction of sp³-hybridized carbons (Fsp3) is 0.143. The third-order valence-corrected chi connectivity index (χ3v) is 7.96. The summed E-state index contributed by atoms with van der Waals surface area (Å²) < 4.78 is 22.9. The molecular weight excluding hydrogens is 596 g/mol. The van der Waals surface area contributed by atoms with E-state index in [2.05, 4.69) is 82.6 Å². The molecule has 6 heteroatoms. The van der Waals surface area contributed by atoms with Crippen molar-refractivity contribution in [3.05, 3.63) is 158 Å². The highest BCUT2D eigenvalue weighted by Gasteiger charge is 2.14. The Kier molecular flexibility index (Phi) is 10.8. The van der Waals surface area contributed by atoms with Crippen molar-refractivity contribution in [3.63, 3.8) is 0 Å². The first-order valence-corrected chi connectivity index (χ1v) is 16.2. The van der Waals surface area contributed by atoms with Gasteiger partial charge in [0.2, 0.25) is 0 Å². The van der Waals surface area contributed by atoms with Gasteiger partial charge in [-0.3, -0.25) is 0 Å². The summed E-state index contributed by atoms with van der Waals surface area (Å²) in [5, 5.41) is 0. The van der Waals surface area contributed by atoms with Crippen LogP contribution in [0.1, 0.15) is 12.8 Å². The maximum Gasteiger partial charge on any atom is 0.119 e. The normalized spacial score (nSPS) is 10.6. The molecule has 0 spiro atoms. The topological polar surface area (TPSA) is 43.4 Å². The van der Waals surface area contributed by atoms with E-state index in [-0.39, 0.29) is 0 Å². The second kappa shape index (κ2) is 16.1. The lowest BCUT2D eigenvalue weighted by molar-refractivity contribution is 0.266. The van der Waals surface area contributed by atoms with Crippen molar-refractivity contribution in [2.45, 2.75) is 12.8 Å². The molecule has 0 heterocycles. The number of hydrogen-bond acceptors (Lipinski definition) is 6. The maximum atomic E-state index is 6.08. The fourth-order valence-corrected chi connectivity index (χ4v) is 5.48. The van der Waals surface area contributed by atoms with Gasteiger partial charge in [0.1, 0.15) is 23.0 Å². The molecule has 0 unspecified atom stereocenters. The van der Waals surface area contributed by atoms with Crippen LogP contribution in [0, 0.1) is 0 Å². The van der Waals surface area contributed by atoms with Crippen molar-refractivity contribution in [1.82, 2.24) is 0 Å². The summed E-state index contributed by atoms with van der Waals surface area (Å²) in [5.41, 5.74) is 6.36. The van der Waals surface area contributed by atoms with Crippen molar-refractivity contribution in [2.24, 2.45) is 0 Å². The quantitative estimate of drug-likeness (QED) is 0.105. The summed E-state index contributed by atoms with van der Waals surface area (Å²) in [6, 6.07) is 53.3. The molecule has 6 aromatic carbocycles. The molecule has 0 aromatic heterocycles. The van der Waals surface area contributed by atoms with Gasteiger partial charge in [0.25, 0.3) is 0 Å². The predicted octanol–water partition coefficient (Wildman–Crippen LogP) is 10.9. The molecule has 0 atom stereocenters. The van der Waals surface area contributed by atoms with Gasteiger partial charge in [-0.2, -0.15) is 0 Å². The molecule has 0 N–H and O–H groups in total. The van der Waals surface area contributed by atoms with Crippen LogP contribution in [0.3, 0.4) is 0 Å². The Balaban J connectivity index is 1.01. The van der Waals surface area contributed by atoms with Crippen LogP contribution in [0.4, 0.5) is 34.1 Å². The van der Waals surface area contributed by atoms with E-state index in [1.165, 1.54) is 0 Å². The van der Waals surface area contributed by atoms with E-state index < -0.39 is 0 Å². The number of hydrogen-bond donors (Lipinski definition) is 0. The lowest BCUT2D eigenvalue weighted by atomic mass is 10.2. The minimum atomic E-state index is 0.616. The SMILES string of the molecule is COc1ccc(N(c2ccc(OC)cc2)c2ccc(OCCCCOc3ccc(N(c4ccccc4)c4ccccc4)cc3)cc2)cc1. The summed E-state index contributed by atoms with van der Waals surface area (Å²) in [5.74, 6) is 3.32. The molecule has 0 amide bonds. The first-order valence-electron chi connectivity index (χ1n) is 16.2. The van der Waals surface area contributed by atoms with Gasteiger partial charge in [-0.25, -0.2) is 0 Å². The van der Waals surface area contributed by atoms with Gasteiger partial charge in [-0.1, -0.05) is 36.4 Å². The van der Waals surface area contributed by atoms with E-state index in [4.69, 9.17) is 18.9 Å². The molecule has 48 heavy (non-hydrogen) atoms. The summed E-state index contributed by atoms with van der Waals surface area (Å²) in [6.07, 6.45) is 1.78. The number of unbranched alkanes of at least 4 members (excludes halogenated alkanes) is 1. The number of ether oxygens (including phenoxy) is 4. The average molecular weight is 637 g/mol. The largest absolute Gasteiger partial charge is 0.497 e. The van der Waals surface area contributed by atoms with Crippen LogP contribution in [0.15, 0.2) is 158 Å². The van der Waals surface area contributed by atoms with Crippen LogP contribution >= 0.6 is 0 Å². The van der Waals surface area contributed by atoms with E-state index in [9.17, 15) is 0 Å². The summed E-state index contributed by atoms with van der Waals surface area (Å²) in [6.45, 7) is 1.24. The highest BCUT2D eigenvalue weighted by molar-refractivity contribution is 5.78. The van der Waals surface area contributed by atoms with Crippen molar-refractivity contribution in [3.8, 4) is 23.0 Å². The third kappa shape index (κ3) is 8.09. The highest BCUT2D eigenvalue weighted by atomic mass is 16.5. The molecule has 0 radical (unpaired) electrons. The molecule has 6 aromatic rings. The molecule has 6 nitrogen and oxygen atoms in total. The average Bonchev–Trinajstić information content (AvgIpc) is 3.16. The molecule has 0 saturated carbocycles. The van der Waals surface area contributed by atoms with E-state index in [0.29, 0.717) is 13.2 Å². The minimum absolute atomic E-state index is 0.616. The van der Waals surface area contributed by atoms with Gasteiger partial charge in [0, 0.05) is 34.1 Å². The molecule has 0 aliphatic heterocycles. The number of para-hydroxylation sites is 2. The Morgan fingerprint density at radius 1 is 0.333 bits per heavy atom. The molecule has 0 saturated heterocycles. The van der Waals surface area contributed by atoms with Crippen molar-refractivity contribution in [2.75, 3.05) is 37.2 Å². The van der Waals surface area contributed by atoms with E-state index in [1.54, 1.807) is 14.2 Å². The zero-order chi connectivity index (χ0) is 33.0. The maximum absolute atomic E-state index is 6.08. The van der Waals surface area contributed by atoms with Gasteiger partial charge >= 0.3 is 0 Å². The Morgan fingerprint density at radius 3 is 0.896 bits per heavy atom. The highest BCUT2D eigenvalue weighted by Crippen LogP contribution is 2.37. The monoisotopic (exact) mass is 636 g/mol. The van der Waals surface area contributed by atoms with Crippen LogP contribution in [0.25, 0.3) is 0 Å². The van der Waals surface area contributed by atoms with Gasteiger partial charge in [-0.15, -0.1) is 0 Å². The van der Waals surface area contributed by atoms with Crippen LogP contribution in [-0.4, -0.2) is 27.4 Å².